The van der Waals surface area contributed by atoms with Crippen LogP contribution >= 0.6 is 0 Å². The van der Waals surface area contributed by atoms with Gasteiger partial charge in [0.05, 0.1) is 28.5 Å². The van der Waals surface area contributed by atoms with E-state index in [1.54, 1.807) is 52.1 Å². The predicted octanol–water partition coefficient (Wildman–Crippen LogP) is 5.28. The number of nitriles is 1. The lowest BCUT2D eigenvalue weighted by Crippen LogP contribution is -2.49. The van der Waals surface area contributed by atoms with Crippen molar-refractivity contribution in [3.63, 3.8) is 0 Å². The third-order valence-corrected chi connectivity index (χ3v) is 6.62. The smallest absolute Gasteiger partial charge is 0.408 e. The monoisotopic (exact) mass is 562 g/mol. The van der Waals surface area contributed by atoms with Crippen LogP contribution < -0.4 is 15.5 Å². The number of pyridine rings is 2. The third kappa shape index (κ3) is 6.95. The zero-order chi connectivity index (χ0) is 29.9. The Hall–Kier alpha value is -4.59. The van der Waals surface area contributed by atoms with Gasteiger partial charge in [0.2, 0.25) is 0 Å². The standard InChI is InChI=1S/C30H32F2N6O3/c1-18(23-8-6-7-10-34-23)36-27(39)22-16-35-24(15-33)25(19-12-20(31)14-21(32)13-19)26(22)38-11-9-30(5,17-38)37-28(40)41-29(2,3)4/h6-8,10,12-14,16,18H,9,11,17H2,1-5H3,(H,36,39)(H,37,40)/t18?,30-/m0/s1. The molecule has 1 saturated heterocycles. The van der Waals surface area contributed by atoms with Crippen molar-refractivity contribution in [1.82, 2.24) is 20.6 Å². The SMILES string of the molecule is CC(NC(=O)c1cnc(C#N)c(-c2cc(F)cc(F)c2)c1N1CC[C@](C)(NC(=O)OC(C)(C)C)C1)c1ccccn1. The summed E-state index contributed by atoms with van der Waals surface area (Å²) in [6.07, 6.45) is 2.78. The minimum atomic E-state index is -0.841. The van der Waals surface area contributed by atoms with E-state index >= 15 is 0 Å². The quantitative estimate of drug-likeness (QED) is 0.420. The number of hydrogen-bond donors (Lipinski definition) is 2. The van der Waals surface area contributed by atoms with E-state index in [1.807, 2.05) is 17.9 Å². The average molecular weight is 563 g/mol. The summed E-state index contributed by atoms with van der Waals surface area (Å²) in [6.45, 7) is 9.49. The Morgan fingerprint density at radius 2 is 1.88 bits per heavy atom. The van der Waals surface area contributed by atoms with E-state index < -0.39 is 40.8 Å². The Morgan fingerprint density at radius 1 is 1.17 bits per heavy atom. The maximum atomic E-state index is 14.4. The summed E-state index contributed by atoms with van der Waals surface area (Å²) >= 11 is 0. The fraction of sp³-hybridized carbons (Fsp3) is 0.367. The molecular weight excluding hydrogens is 530 g/mol. The second kappa shape index (κ2) is 11.5. The van der Waals surface area contributed by atoms with E-state index in [1.165, 1.54) is 6.20 Å². The van der Waals surface area contributed by atoms with Gasteiger partial charge in [0.25, 0.3) is 5.91 Å². The number of carbonyl (C=O) groups excluding carboxylic acids is 2. The highest BCUT2D eigenvalue weighted by molar-refractivity contribution is 6.04. The van der Waals surface area contributed by atoms with Crippen LogP contribution in [-0.4, -0.2) is 46.2 Å². The average Bonchev–Trinajstić information content (AvgIpc) is 3.27. The molecule has 3 heterocycles. The minimum absolute atomic E-state index is 0.0580. The number of anilines is 1. The molecule has 0 aliphatic carbocycles. The second-order valence-corrected chi connectivity index (χ2v) is 11.3. The summed E-state index contributed by atoms with van der Waals surface area (Å²) in [5, 5.41) is 15.8. The predicted molar refractivity (Wildman–Crippen MR) is 149 cm³/mol. The number of halogens is 2. The molecule has 2 aromatic heterocycles. The molecule has 0 spiro atoms. The molecule has 1 aliphatic heterocycles. The number of benzene rings is 1. The molecule has 2 amide bonds. The molecule has 0 saturated carbocycles. The van der Waals surface area contributed by atoms with Crippen molar-refractivity contribution in [2.45, 2.75) is 58.2 Å². The summed E-state index contributed by atoms with van der Waals surface area (Å²) in [7, 11) is 0. The van der Waals surface area contributed by atoms with Crippen LogP contribution in [0.25, 0.3) is 11.1 Å². The number of amides is 2. The Morgan fingerprint density at radius 3 is 2.49 bits per heavy atom. The van der Waals surface area contributed by atoms with Gasteiger partial charge >= 0.3 is 6.09 Å². The largest absolute Gasteiger partial charge is 0.444 e. The summed E-state index contributed by atoms with van der Waals surface area (Å²) in [5.41, 5.74) is -0.379. The molecule has 1 aliphatic rings. The van der Waals surface area contributed by atoms with Crippen LogP contribution in [0.5, 0.6) is 0 Å². The van der Waals surface area contributed by atoms with Crippen LogP contribution in [0.4, 0.5) is 19.3 Å². The van der Waals surface area contributed by atoms with Crippen molar-refractivity contribution in [3.05, 3.63) is 77.4 Å². The summed E-state index contributed by atoms with van der Waals surface area (Å²) in [4.78, 5) is 36.6. The van der Waals surface area contributed by atoms with Crippen molar-refractivity contribution in [3.8, 4) is 17.2 Å². The van der Waals surface area contributed by atoms with Crippen molar-refractivity contribution in [1.29, 1.82) is 5.26 Å². The maximum Gasteiger partial charge on any atom is 0.408 e. The van der Waals surface area contributed by atoms with Gasteiger partial charge < -0.3 is 20.3 Å². The van der Waals surface area contributed by atoms with Crippen LogP contribution in [0.15, 0.2) is 48.8 Å². The van der Waals surface area contributed by atoms with Gasteiger partial charge in [0.15, 0.2) is 0 Å². The van der Waals surface area contributed by atoms with Gasteiger partial charge in [-0.05, 0) is 70.9 Å². The lowest BCUT2D eigenvalue weighted by molar-refractivity contribution is 0.0473. The number of carbonyl (C=O) groups is 2. The van der Waals surface area contributed by atoms with Gasteiger partial charge in [0.1, 0.15) is 29.0 Å². The van der Waals surface area contributed by atoms with Gasteiger partial charge in [-0.25, -0.2) is 18.6 Å². The summed E-state index contributed by atoms with van der Waals surface area (Å²) < 4.78 is 34.2. The number of rotatable bonds is 6. The first-order chi connectivity index (χ1) is 19.3. The van der Waals surface area contributed by atoms with E-state index in [0.29, 0.717) is 18.7 Å². The molecule has 2 atom stereocenters. The van der Waals surface area contributed by atoms with Crippen LogP contribution in [0.1, 0.15) is 68.8 Å². The Bertz CT molecular complexity index is 1480. The van der Waals surface area contributed by atoms with Crippen molar-refractivity contribution in [2.75, 3.05) is 18.0 Å². The maximum absolute atomic E-state index is 14.4. The van der Waals surface area contributed by atoms with E-state index in [-0.39, 0.29) is 34.6 Å². The second-order valence-electron chi connectivity index (χ2n) is 11.3. The number of alkyl carbamates (subject to hydrolysis) is 1. The fourth-order valence-electron chi connectivity index (χ4n) is 4.84. The molecule has 11 heteroatoms. The lowest BCUT2D eigenvalue weighted by Gasteiger charge is -2.30. The highest BCUT2D eigenvalue weighted by Crippen LogP contribution is 2.40. The first kappa shape index (κ1) is 29.4. The Kier molecular flexibility index (Phi) is 8.24. The zero-order valence-corrected chi connectivity index (χ0v) is 23.6. The number of nitrogens with zero attached hydrogens (tertiary/aromatic N) is 4. The minimum Gasteiger partial charge on any atom is -0.444 e. The fourth-order valence-corrected chi connectivity index (χ4v) is 4.84. The van der Waals surface area contributed by atoms with Gasteiger partial charge in [-0.15, -0.1) is 0 Å². The summed E-state index contributed by atoms with van der Waals surface area (Å²) in [5.74, 6) is -2.19. The van der Waals surface area contributed by atoms with E-state index in [9.17, 15) is 23.6 Å². The van der Waals surface area contributed by atoms with Crippen LogP contribution in [0.2, 0.25) is 0 Å². The molecule has 2 N–H and O–H groups in total. The molecule has 9 nitrogen and oxygen atoms in total. The van der Waals surface area contributed by atoms with E-state index in [2.05, 4.69) is 20.6 Å². The Balaban J connectivity index is 1.79. The first-order valence-electron chi connectivity index (χ1n) is 13.2. The Labute approximate surface area is 237 Å². The number of aromatic nitrogens is 2. The third-order valence-electron chi connectivity index (χ3n) is 6.62. The van der Waals surface area contributed by atoms with Gasteiger partial charge in [0, 0.05) is 37.1 Å². The first-order valence-corrected chi connectivity index (χ1v) is 13.2. The van der Waals surface area contributed by atoms with Crippen molar-refractivity contribution < 1.29 is 23.1 Å². The number of nitrogens with one attached hydrogen (secondary N) is 2. The molecular formula is C30H32F2N6O3. The van der Waals surface area contributed by atoms with Crippen molar-refractivity contribution >= 4 is 17.7 Å². The van der Waals surface area contributed by atoms with E-state index in [0.717, 1.165) is 18.2 Å². The molecule has 4 rings (SSSR count). The van der Waals surface area contributed by atoms with Gasteiger partial charge in [-0.2, -0.15) is 5.26 Å². The van der Waals surface area contributed by atoms with Crippen LogP contribution in [-0.2, 0) is 4.74 Å². The molecule has 1 aromatic carbocycles. The van der Waals surface area contributed by atoms with E-state index in [4.69, 9.17) is 4.74 Å². The summed E-state index contributed by atoms with van der Waals surface area (Å²) in [6, 6.07) is 9.78. The normalized spacial score (nSPS) is 17.5. The molecule has 41 heavy (non-hydrogen) atoms. The molecule has 1 fully saturated rings. The molecule has 3 aromatic rings. The van der Waals surface area contributed by atoms with Gasteiger partial charge in [-0.3, -0.25) is 9.78 Å². The lowest BCUT2D eigenvalue weighted by atomic mass is 9.97. The molecule has 0 bridgehead atoms. The topological polar surface area (TPSA) is 120 Å². The number of ether oxygens (including phenoxy) is 1. The van der Waals surface area contributed by atoms with Crippen LogP contribution in [0, 0.1) is 23.0 Å². The van der Waals surface area contributed by atoms with Crippen molar-refractivity contribution in [2.24, 2.45) is 0 Å². The highest BCUT2D eigenvalue weighted by Gasteiger charge is 2.39. The van der Waals surface area contributed by atoms with Crippen LogP contribution in [0.3, 0.4) is 0 Å². The molecule has 1 unspecified atom stereocenters. The highest BCUT2D eigenvalue weighted by atomic mass is 19.1. The zero-order valence-electron chi connectivity index (χ0n) is 23.6. The molecule has 0 radical (unpaired) electrons. The molecule has 214 valence electrons. The van der Waals surface area contributed by atoms with Gasteiger partial charge in [-0.1, -0.05) is 6.07 Å². The number of hydrogen-bond acceptors (Lipinski definition) is 7.